The van der Waals surface area contributed by atoms with Crippen LogP contribution in [0, 0.1) is 13.8 Å². The molecule has 0 saturated carbocycles. The van der Waals surface area contributed by atoms with Crippen LogP contribution in [-0.2, 0) is 0 Å². The summed E-state index contributed by atoms with van der Waals surface area (Å²) in [4.78, 5) is 0. The first-order valence-corrected chi connectivity index (χ1v) is 7.44. The Morgan fingerprint density at radius 3 is 2.35 bits per heavy atom. The van der Waals surface area contributed by atoms with Gasteiger partial charge in [0.05, 0.1) is 0 Å². The normalized spacial score (nSPS) is 14.1. The van der Waals surface area contributed by atoms with Gasteiger partial charge in [-0.15, -0.1) is 0 Å². The van der Waals surface area contributed by atoms with Crippen LogP contribution in [0.1, 0.15) is 48.2 Å². The largest absolute Gasteiger partial charge is 0.304 e. The van der Waals surface area contributed by atoms with Crippen molar-refractivity contribution < 1.29 is 0 Å². The van der Waals surface area contributed by atoms with Gasteiger partial charge in [-0.3, -0.25) is 0 Å². The van der Waals surface area contributed by atoms with Gasteiger partial charge in [0.15, 0.2) is 0 Å². The molecule has 0 fully saturated rings. The number of hydrogen-bond acceptors (Lipinski definition) is 1. The lowest BCUT2D eigenvalue weighted by atomic mass is 9.99. The lowest BCUT2D eigenvalue weighted by Gasteiger charge is -2.22. The second-order valence-corrected chi connectivity index (χ2v) is 5.96. The lowest BCUT2D eigenvalue weighted by molar-refractivity contribution is 0.493. The zero-order valence-electron chi connectivity index (χ0n) is 12.6. The Morgan fingerprint density at radius 1 is 0.950 bits per heavy atom. The molecule has 0 radical (unpaired) electrons. The maximum atomic E-state index is 6.06. The SMILES string of the molecule is Cc1ccc(C(C)N[C@@H](C)c2cccc(Cl)c2)c(C)c1. The quantitative estimate of drug-likeness (QED) is 0.797. The first kappa shape index (κ1) is 15.1. The van der Waals surface area contributed by atoms with Crippen molar-refractivity contribution in [2.24, 2.45) is 0 Å². The minimum absolute atomic E-state index is 0.268. The Kier molecular flexibility index (Phi) is 4.85. The molecule has 2 heteroatoms. The summed E-state index contributed by atoms with van der Waals surface area (Å²) in [6.07, 6.45) is 0. The topological polar surface area (TPSA) is 12.0 Å². The predicted molar refractivity (Wildman–Crippen MR) is 87.3 cm³/mol. The fourth-order valence-electron chi connectivity index (χ4n) is 2.65. The Bertz CT molecular complexity index is 592. The minimum Gasteiger partial charge on any atom is -0.304 e. The van der Waals surface area contributed by atoms with E-state index in [9.17, 15) is 0 Å². The van der Waals surface area contributed by atoms with Gasteiger partial charge in [-0.1, -0.05) is 47.5 Å². The Morgan fingerprint density at radius 2 is 1.70 bits per heavy atom. The van der Waals surface area contributed by atoms with Crippen molar-refractivity contribution >= 4 is 11.6 Å². The van der Waals surface area contributed by atoms with E-state index in [1.54, 1.807) is 0 Å². The highest BCUT2D eigenvalue weighted by Gasteiger charge is 2.13. The van der Waals surface area contributed by atoms with Crippen molar-refractivity contribution in [3.63, 3.8) is 0 Å². The van der Waals surface area contributed by atoms with E-state index in [1.807, 2.05) is 18.2 Å². The summed E-state index contributed by atoms with van der Waals surface area (Å²) in [7, 11) is 0. The third kappa shape index (κ3) is 3.62. The van der Waals surface area contributed by atoms with E-state index >= 15 is 0 Å². The fraction of sp³-hybridized carbons (Fsp3) is 0.333. The van der Waals surface area contributed by atoms with Crippen LogP contribution in [0.5, 0.6) is 0 Å². The van der Waals surface area contributed by atoms with Gasteiger partial charge in [0.2, 0.25) is 0 Å². The second-order valence-electron chi connectivity index (χ2n) is 5.53. The molecular weight excluding hydrogens is 266 g/mol. The molecule has 1 N–H and O–H groups in total. The van der Waals surface area contributed by atoms with Crippen LogP contribution in [0.4, 0.5) is 0 Å². The molecule has 106 valence electrons. The van der Waals surface area contributed by atoms with E-state index in [0.29, 0.717) is 6.04 Å². The molecule has 1 nitrogen and oxygen atoms in total. The number of benzene rings is 2. The molecule has 0 aromatic heterocycles. The number of nitrogens with one attached hydrogen (secondary N) is 1. The Balaban J connectivity index is 2.12. The van der Waals surface area contributed by atoms with Gasteiger partial charge in [0.1, 0.15) is 0 Å². The first-order valence-electron chi connectivity index (χ1n) is 7.06. The molecule has 2 rings (SSSR count). The molecule has 2 aromatic rings. The van der Waals surface area contributed by atoms with Gasteiger partial charge in [0.25, 0.3) is 0 Å². The van der Waals surface area contributed by atoms with Crippen molar-refractivity contribution in [2.75, 3.05) is 0 Å². The third-order valence-corrected chi connectivity index (χ3v) is 3.98. The summed E-state index contributed by atoms with van der Waals surface area (Å²) in [6, 6.07) is 15.2. The van der Waals surface area contributed by atoms with Crippen LogP contribution >= 0.6 is 11.6 Å². The van der Waals surface area contributed by atoms with E-state index in [4.69, 9.17) is 11.6 Å². The first-order chi connectivity index (χ1) is 9.47. The van der Waals surface area contributed by atoms with Crippen LogP contribution in [0.3, 0.4) is 0 Å². The molecule has 0 spiro atoms. The van der Waals surface area contributed by atoms with Crippen LogP contribution in [0.25, 0.3) is 0 Å². The molecule has 0 aliphatic heterocycles. The molecule has 0 bridgehead atoms. The average Bonchev–Trinajstić information content (AvgIpc) is 2.38. The molecule has 0 amide bonds. The lowest BCUT2D eigenvalue weighted by Crippen LogP contribution is -2.23. The Labute approximate surface area is 127 Å². The summed E-state index contributed by atoms with van der Waals surface area (Å²) in [6.45, 7) is 8.68. The second kappa shape index (κ2) is 6.43. The van der Waals surface area contributed by atoms with Gasteiger partial charge in [-0.05, 0) is 56.5 Å². The Hall–Kier alpha value is -1.31. The molecule has 1 unspecified atom stereocenters. The maximum absolute atomic E-state index is 6.06. The van der Waals surface area contributed by atoms with E-state index in [2.05, 4.69) is 57.3 Å². The van der Waals surface area contributed by atoms with Crippen LogP contribution < -0.4 is 5.32 Å². The van der Waals surface area contributed by atoms with Gasteiger partial charge >= 0.3 is 0 Å². The highest BCUT2D eigenvalue weighted by molar-refractivity contribution is 6.30. The van der Waals surface area contributed by atoms with Gasteiger partial charge < -0.3 is 5.32 Å². The molecule has 2 aromatic carbocycles. The summed E-state index contributed by atoms with van der Waals surface area (Å²) >= 11 is 6.06. The number of hydrogen-bond donors (Lipinski definition) is 1. The number of halogens is 1. The monoisotopic (exact) mass is 287 g/mol. The van der Waals surface area contributed by atoms with Crippen molar-refractivity contribution in [1.82, 2.24) is 5.32 Å². The van der Waals surface area contributed by atoms with E-state index in [0.717, 1.165) is 5.02 Å². The fourth-order valence-corrected chi connectivity index (χ4v) is 2.85. The molecule has 0 saturated heterocycles. The summed E-state index contributed by atoms with van der Waals surface area (Å²) in [5.74, 6) is 0. The van der Waals surface area contributed by atoms with Crippen molar-refractivity contribution in [3.05, 3.63) is 69.7 Å². The molecule has 0 aliphatic rings. The molecule has 20 heavy (non-hydrogen) atoms. The molecule has 0 heterocycles. The van der Waals surface area contributed by atoms with E-state index in [1.165, 1.54) is 22.3 Å². The highest BCUT2D eigenvalue weighted by Crippen LogP contribution is 2.23. The summed E-state index contributed by atoms with van der Waals surface area (Å²) in [5.41, 5.74) is 5.21. The van der Waals surface area contributed by atoms with Crippen LogP contribution in [0.15, 0.2) is 42.5 Å². The molecular formula is C18H22ClN. The van der Waals surface area contributed by atoms with Gasteiger partial charge in [-0.2, -0.15) is 0 Å². The average molecular weight is 288 g/mol. The zero-order valence-corrected chi connectivity index (χ0v) is 13.3. The van der Waals surface area contributed by atoms with Crippen molar-refractivity contribution in [1.29, 1.82) is 0 Å². The summed E-state index contributed by atoms with van der Waals surface area (Å²) < 4.78 is 0. The van der Waals surface area contributed by atoms with Crippen LogP contribution in [-0.4, -0.2) is 0 Å². The maximum Gasteiger partial charge on any atom is 0.0409 e. The smallest absolute Gasteiger partial charge is 0.0409 e. The third-order valence-electron chi connectivity index (χ3n) is 3.74. The van der Waals surface area contributed by atoms with E-state index in [-0.39, 0.29) is 6.04 Å². The number of aryl methyl sites for hydroxylation is 2. The summed E-state index contributed by atoms with van der Waals surface area (Å²) in [5, 5.41) is 4.43. The predicted octanol–water partition coefficient (Wildman–Crippen LogP) is 5.37. The van der Waals surface area contributed by atoms with Gasteiger partial charge in [0, 0.05) is 17.1 Å². The standard InChI is InChI=1S/C18H22ClN/c1-12-8-9-18(13(2)10-12)15(4)20-14(3)16-6-5-7-17(19)11-16/h5-11,14-15,20H,1-4H3/t14-,15?/m0/s1. The van der Waals surface area contributed by atoms with Crippen molar-refractivity contribution in [3.8, 4) is 0 Å². The van der Waals surface area contributed by atoms with Crippen LogP contribution in [0.2, 0.25) is 5.02 Å². The highest BCUT2D eigenvalue weighted by atomic mass is 35.5. The van der Waals surface area contributed by atoms with Gasteiger partial charge in [-0.25, -0.2) is 0 Å². The number of rotatable bonds is 4. The minimum atomic E-state index is 0.268. The van der Waals surface area contributed by atoms with E-state index < -0.39 is 0 Å². The molecule has 2 atom stereocenters. The molecule has 0 aliphatic carbocycles. The zero-order chi connectivity index (χ0) is 14.7. The van der Waals surface area contributed by atoms with Crippen molar-refractivity contribution in [2.45, 2.75) is 39.8 Å².